The van der Waals surface area contributed by atoms with Crippen molar-refractivity contribution in [1.29, 1.82) is 0 Å². The van der Waals surface area contributed by atoms with E-state index in [-0.39, 0.29) is 5.91 Å². The van der Waals surface area contributed by atoms with Crippen LogP contribution >= 0.6 is 0 Å². The van der Waals surface area contributed by atoms with Crippen molar-refractivity contribution in [3.8, 4) is 0 Å². The van der Waals surface area contributed by atoms with Crippen molar-refractivity contribution in [1.82, 2.24) is 4.90 Å². The first-order valence-electron chi connectivity index (χ1n) is 6.30. The van der Waals surface area contributed by atoms with E-state index in [4.69, 9.17) is 0 Å². The SMILES string of the molecule is O=C1CCCN1C=Cc1cccc2ccccc12. The minimum absolute atomic E-state index is 0.228. The van der Waals surface area contributed by atoms with Gasteiger partial charge in [0.15, 0.2) is 0 Å². The number of fused-ring (bicyclic) bond motifs is 1. The summed E-state index contributed by atoms with van der Waals surface area (Å²) in [4.78, 5) is 13.3. The van der Waals surface area contributed by atoms with E-state index in [1.54, 1.807) is 0 Å². The first-order chi connectivity index (χ1) is 8.84. The lowest BCUT2D eigenvalue weighted by molar-refractivity contribution is -0.125. The molecule has 0 atom stereocenters. The average molecular weight is 237 g/mol. The summed E-state index contributed by atoms with van der Waals surface area (Å²) in [5.74, 6) is 0.228. The summed E-state index contributed by atoms with van der Waals surface area (Å²) in [5, 5.41) is 2.45. The molecule has 90 valence electrons. The summed E-state index contributed by atoms with van der Waals surface area (Å²) in [7, 11) is 0. The van der Waals surface area contributed by atoms with Crippen molar-refractivity contribution in [3.63, 3.8) is 0 Å². The third-order valence-corrected chi connectivity index (χ3v) is 3.37. The van der Waals surface area contributed by atoms with Gasteiger partial charge < -0.3 is 4.90 Å². The zero-order valence-electron chi connectivity index (χ0n) is 10.2. The van der Waals surface area contributed by atoms with Crippen molar-refractivity contribution in [2.75, 3.05) is 6.54 Å². The highest BCUT2D eigenvalue weighted by Crippen LogP contribution is 2.20. The molecule has 2 nitrogen and oxygen atoms in total. The second-order valence-electron chi connectivity index (χ2n) is 4.57. The topological polar surface area (TPSA) is 20.3 Å². The number of hydrogen-bond acceptors (Lipinski definition) is 1. The second-order valence-corrected chi connectivity index (χ2v) is 4.57. The van der Waals surface area contributed by atoms with Crippen LogP contribution < -0.4 is 0 Å². The van der Waals surface area contributed by atoms with Crippen molar-refractivity contribution in [2.24, 2.45) is 0 Å². The van der Waals surface area contributed by atoms with Crippen LogP contribution in [-0.2, 0) is 4.79 Å². The minimum atomic E-state index is 0.228. The van der Waals surface area contributed by atoms with Gasteiger partial charge in [-0.25, -0.2) is 0 Å². The third-order valence-electron chi connectivity index (χ3n) is 3.37. The molecule has 2 aromatic carbocycles. The van der Waals surface area contributed by atoms with E-state index >= 15 is 0 Å². The standard InChI is InChI=1S/C16H15NO/c18-16-9-4-11-17(16)12-10-14-7-3-6-13-5-1-2-8-15(13)14/h1-3,5-8,10,12H,4,9,11H2. The highest BCUT2D eigenvalue weighted by molar-refractivity contribution is 5.91. The second kappa shape index (κ2) is 4.65. The maximum Gasteiger partial charge on any atom is 0.226 e. The molecule has 0 saturated carbocycles. The van der Waals surface area contributed by atoms with Crippen molar-refractivity contribution in [2.45, 2.75) is 12.8 Å². The lowest BCUT2D eigenvalue weighted by Crippen LogP contribution is -2.16. The molecule has 0 aliphatic carbocycles. The number of likely N-dealkylation sites (tertiary alicyclic amines) is 1. The lowest BCUT2D eigenvalue weighted by Gasteiger charge is -2.09. The van der Waals surface area contributed by atoms with Crippen molar-refractivity contribution in [3.05, 3.63) is 54.2 Å². The van der Waals surface area contributed by atoms with Crippen LogP contribution in [0, 0.1) is 0 Å². The summed E-state index contributed by atoms with van der Waals surface area (Å²) in [5.41, 5.74) is 1.16. The van der Waals surface area contributed by atoms with Gasteiger partial charge in [-0.15, -0.1) is 0 Å². The van der Waals surface area contributed by atoms with Crippen LogP contribution in [0.25, 0.3) is 16.8 Å². The van der Waals surface area contributed by atoms with E-state index in [1.807, 2.05) is 35.4 Å². The molecule has 1 heterocycles. The van der Waals surface area contributed by atoms with Crippen molar-refractivity contribution < 1.29 is 4.79 Å². The molecule has 0 radical (unpaired) electrons. The van der Waals surface area contributed by atoms with Gasteiger partial charge >= 0.3 is 0 Å². The van der Waals surface area contributed by atoms with Crippen LogP contribution in [-0.4, -0.2) is 17.4 Å². The number of benzene rings is 2. The van der Waals surface area contributed by atoms with E-state index in [1.165, 1.54) is 10.8 Å². The highest BCUT2D eigenvalue weighted by Gasteiger charge is 2.17. The quantitative estimate of drug-likeness (QED) is 0.783. The molecule has 1 aliphatic rings. The molecule has 1 aliphatic heterocycles. The maximum atomic E-state index is 11.5. The Morgan fingerprint density at radius 2 is 1.89 bits per heavy atom. The fourth-order valence-electron chi connectivity index (χ4n) is 2.39. The molecule has 0 bridgehead atoms. The smallest absolute Gasteiger partial charge is 0.226 e. The number of amides is 1. The molecule has 2 aromatic rings. The molecule has 2 heteroatoms. The summed E-state index contributed by atoms with van der Waals surface area (Å²) >= 11 is 0. The van der Waals surface area contributed by atoms with E-state index in [0.717, 1.165) is 18.5 Å². The molecule has 1 amide bonds. The van der Waals surface area contributed by atoms with Gasteiger partial charge in [0.2, 0.25) is 5.91 Å². The van der Waals surface area contributed by atoms with Gasteiger partial charge in [-0.05, 0) is 28.8 Å². The van der Waals surface area contributed by atoms with Gasteiger partial charge in [-0.2, -0.15) is 0 Å². The number of nitrogens with zero attached hydrogens (tertiary/aromatic N) is 1. The highest BCUT2D eigenvalue weighted by atomic mass is 16.2. The molecule has 0 unspecified atom stereocenters. The number of carbonyl (C=O) groups excluding carboxylic acids is 1. The monoisotopic (exact) mass is 237 g/mol. The molecule has 3 rings (SSSR count). The first-order valence-corrected chi connectivity index (χ1v) is 6.30. The van der Waals surface area contributed by atoms with Crippen molar-refractivity contribution >= 4 is 22.8 Å². The molecule has 1 saturated heterocycles. The Morgan fingerprint density at radius 3 is 2.72 bits per heavy atom. The number of hydrogen-bond donors (Lipinski definition) is 0. The summed E-state index contributed by atoms with van der Waals surface area (Å²) in [6.45, 7) is 0.847. The van der Waals surface area contributed by atoms with Gasteiger partial charge in [-0.3, -0.25) is 4.79 Å². The predicted molar refractivity (Wildman–Crippen MR) is 73.9 cm³/mol. The van der Waals surface area contributed by atoms with Gasteiger partial charge in [0.05, 0.1) is 0 Å². The fourth-order valence-corrected chi connectivity index (χ4v) is 2.39. The summed E-state index contributed by atoms with van der Waals surface area (Å²) < 4.78 is 0. The Balaban J connectivity index is 1.95. The first kappa shape index (κ1) is 11.0. The van der Waals surface area contributed by atoms with E-state index in [2.05, 4.69) is 24.3 Å². The molecular weight excluding hydrogens is 222 g/mol. The Morgan fingerprint density at radius 1 is 1.06 bits per heavy atom. The Hall–Kier alpha value is -2.09. The van der Waals surface area contributed by atoms with Crippen LogP contribution in [0.1, 0.15) is 18.4 Å². The summed E-state index contributed by atoms with van der Waals surface area (Å²) in [6.07, 6.45) is 5.60. The Bertz CT molecular complexity index is 610. The number of carbonyl (C=O) groups is 1. The minimum Gasteiger partial charge on any atom is -0.319 e. The molecule has 0 spiro atoms. The zero-order chi connectivity index (χ0) is 12.4. The van der Waals surface area contributed by atoms with E-state index in [9.17, 15) is 4.79 Å². The Kier molecular flexibility index (Phi) is 2.85. The average Bonchev–Trinajstić information content (AvgIpc) is 2.82. The third kappa shape index (κ3) is 2.02. The number of rotatable bonds is 2. The van der Waals surface area contributed by atoms with Crippen LogP contribution in [0.2, 0.25) is 0 Å². The van der Waals surface area contributed by atoms with Gasteiger partial charge in [0, 0.05) is 19.2 Å². The largest absolute Gasteiger partial charge is 0.319 e. The lowest BCUT2D eigenvalue weighted by atomic mass is 10.0. The van der Waals surface area contributed by atoms with Crippen LogP contribution in [0.5, 0.6) is 0 Å². The summed E-state index contributed by atoms with van der Waals surface area (Å²) in [6, 6.07) is 14.5. The van der Waals surface area contributed by atoms with Gasteiger partial charge in [0.25, 0.3) is 0 Å². The molecule has 1 fully saturated rings. The molecule has 0 aromatic heterocycles. The molecule has 0 N–H and O–H groups in total. The Labute approximate surface area is 107 Å². The van der Waals surface area contributed by atoms with Crippen LogP contribution in [0.3, 0.4) is 0 Å². The van der Waals surface area contributed by atoms with E-state index < -0.39 is 0 Å². The normalized spacial score (nSPS) is 16.0. The van der Waals surface area contributed by atoms with Crippen LogP contribution in [0.4, 0.5) is 0 Å². The van der Waals surface area contributed by atoms with Gasteiger partial charge in [-0.1, -0.05) is 42.5 Å². The molecular formula is C16H15NO. The zero-order valence-corrected chi connectivity index (χ0v) is 10.2. The van der Waals surface area contributed by atoms with Gasteiger partial charge in [0.1, 0.15) is 0 Å². The maximum absolute atomic E-state index is 11.5. The molecule has 18 heavy (non-hydrogen) atoms. The fraction of sp³-hybridized carbons (Fsp3) is 0.188. The van der Waals surface area contributed by atoms with E-state index in [0.29, 0.717) is 6.42 Å². The predicted octanol–water partition coefficient (Wildman–Crippen LogP) is 3.43. The van der Waals surface area contributed by atoms with Crippen LogP contribution in [0.15, 0.2) is 48.7 Å².